The van der Waals surface area contributed by atoms with Crippen molar-refractivity contribution in [3.05, 3.63) is 11.8 Å². The van der Waals surface area contributed by atoms with E-state index >= 15 is 0 Å². The summed E-state index contributed by atoms with van der Waals surface area (Å²) in [5.41, 5.74) is 1.21. The molecule has 0 amide bonds. The number of aliphatic imine (C=N–C) groups is 3. The molecule has 3 aliphatic rings. The summed E-state index contributed by atoms with van der Waals surface area (Å²) in [5, 5.41) is 36.4. The van der Waals surface area contributed by atoms with Crippen molar-refractivity contribution in [2.75, 3.05) is 6.61 Å². The Morgan fingerprint density at radius 1 is 1.21 bits per heavy atom. The average molecular weight is 264 g/mol. The standard InChI is InChI=1S/C11H12N4O4/c12-11-7-6(14-3-15-11)4(1-13-7)10-9(18)8(17)5(2-16)19-10/h1,3,5,8-10,12,16-18H,2H2/t5-,8-,9-,10+/m1/s1. The number of aliphatic hydroxyl groups excluding tert-OH is 3. The van der Waals surface area contributed by atoms with Gasteiger partial charge in [-0.3, -0.25) is 10.4 Å². The highest BCUT2D eigenvalue weighted by atomic mass is 16.6. The lowest BCUT2D eigenvalue weighted by Crippen LogP contribution is -2.36. The number of nitrogens with one attached hydrogen (secondary N) is 1. The third-order valence-corrected chi connectivity index (χ3v) is 3.28. The third-order valence-electron chi connectivity index (χ3n) is 3.28. The fraction of sp³-hybridized carbons (Fsp3) is 0.455. The van der Waals surface area contributed by atoms with Gasteiger partial charge in [0.05, 0.1) is 6.61 Å². The number of nitrogens with zero attached hydrogens (tertiary/aromatic N) is 3. The van der Waals surface area contributed by atoms with Gasteiger partial charge in [-0.1, -0.05) is 0 Å². The minimum atomic E-state index is -1.17. The van der Waals surface area contributed by atoms with Crippen LogP contribution in [0.4, 0.5) is 0 Å². The van der Waals surface area contributed by atoms with E-state index in [1.807, 2.05) is 0 Å². The van der Waals surface area contributed by atoms with E-state index in [-0.39, 0.29) is 12.4 Å². The van der Waals surface area contributed by atoms with Crippen molar-refractivity contribution < 1.29 is 20.1 Å². The molecular formula is C11H12N4O4. The second kappa shape index (κ2) is 4.42. The molecule has 0 saturated carbocycles. The monoisotopic (exact) mass is 264 g/mol. The van der Waals surface area contributed by atoms with Crippen molar-refractivity contribution in [3.8, 4) is 0 Å². The quantitative estimate of drug-likeness (QED) is 0.471. The Morgan fingerprint density at radius 3 is 2.68 bits per heavy atom. The average Bonchev–Trinajstić information content (AvgIpc) is 2.94. The van der Waals surface area contributed by atoms with E-state index in [9.17, 15) is 10.2 Å². The largest absolute Gasteiger partial charge is 0.394 e. The van der Waals surface area contributed by atoms with Crippen LogP contribution in [-0.4, -0.2) is 69.9 Å². The van der Waals surface area contributed by atoms with Gasteiger partial charge in [0.2, 0.25) is 0 Å². The normalized spacial score (nSPS) is 37.0. The second-order valence-electron chi connectivity index (χ2n) is 4.39. The molecule has 4 atom stereocenters. The van der Waals surface area contributed by atoms with Crippen molar-refractivity contribution >= 4 is 23.6 Å². The number of hydrogen-bond acceptors (Lipinski definition) is 7. The first kappa shape index (κ1) is 12.3. The van der Waals surface area contributed by atoms with Gasteiger partial charge in [-0.15, -0.1) is 0 Å². The fourth-order valence-corrected chi connectivity index (χ4v) is 2.27. The highest BCUT2D eigenvalue weighted by Crippen LogP contribution is 2.29. The first-order valence-corrected chi connectivity index (χ1v) is 5.74. The lowest BCUT2D eigenvalue weighted by atomic mass is 9.97. The van der Waals surface area contributed by atoms with Crippen molar-refractivity contribution in [3.63, 3.8) is 0 Å². The first-order chi connectivity index (χ1) is 9.13. The van der Waals surface area contributed by atoms with Crippen LogP contribution < -0.4 is 0 Å². The zero-order chi connectivity index (χ0) is 13.6. The second-order valence-corrected chi connectivity index (χ2v) is 4.39. The van der Waals surface area contributed by atoms with Crippen LogP contribution in [0.15, 0.2) is 26.8 Å². The van der Waals surface area contributed by atoms with Crippen LogP contribution in [0.2, 0.25) is 0 Å². The zero-order valence-electron chi connectivity index (χ0n) is 9.76. The highest BCUT2D eigenvalue weighted by Gasteiger charge is 2.46. The molecule has 0 unspecified atom stereocenters. The number of aliphatic hydroxyl groups is 3. The Kier molecular flexibility index (Phi) is 2.86. The number of rotatable bonds is 2. The number of hydrogen-bond donors (Lipinski definition) is 4. The minimum Gasteiger partial charge on any atom is -0.394 e. The Morgan fingerprint density at radius 2 is 2.00 bits per heavy atom. The molecule has 0 spiro atoms. The van der Waals surface area contributed by atoms with Crippen molar-refractivity contribution in [1.82, 2.24) is 0 Å². The predicted molar refractivity (Wildman–Crippen MR) is 66.9 cm³/mol. The van der Waals surface area contributed by atoms with Gasteiger partial charge >= 0.3 is 0 Å². The maximum Gasteiger partial charge on any atom is 0.174 e. The summed E-state index contributed by atoms with van der Waals surface area (Å²) in [4.78, 5) is 11.8. The van der Waals surface area contributed by atoms with E-state index in [4.69, 9.17) is 15.3 Å². The Balaban J connectivity index is 1.88. The van der Waals surface area contributed by atoms with Crippen molar-refractivity contribution in [2.24, 2.45) is 15.0 Å². The lowest BCUT2D eigenvalue weighted by Gasteiger charge is -2.17. The lowest BCUT2D eigenvalue weighted by molar-refractivity contribution is -0.0130. The van der Waals surface area contributed by atoms with E-state index in [0.29, 0.717) is 17.0 Å². The van der Waals surface area contributed by atoms with Gasteiger partial charge in [0, 0.05) is 11.8 Å². The molecule has 3 rings (SSSR count). The molecule has 3 aliphatic heterocycles. The summed E-state index contributed by atoms with van der Waals surface area (Å²) in [6, 6.07) is 0. The molecule has 19 heavy (non-hydrogen) atoms. The summed E-state index contributed by atoms with van der Waals surface area (Å²) in [6.45, 7) is -0.389. The topological polar surface area (TPSA) is 131 Å². The third kappa shape index (κ3) is 1.77. The molecule has 8 heteroatoms. The van der Waals surface area contributed by atoms with Gasteiger partial charge in [0.15, 0.2) is 5.84 Å². The first-order valence-electron chi connectivity index (χ1n) is 5.74. The predicted octanol–water partition coefficient (Wildman–Crippen LogP) is -1.73. The minimum absolute atomic E-state index is 0.0111. The molecule has 0 aromatic rings. The molecule has 1 fully saturated rings. The molecule has 3 heterocycles. The smallest absolute Gasteiger partial charge is 0.174 e. The Labute approximate surface area is 108 Å². The van der Waals surface area contributed by atoms with Crippen molar-refractivity contribution in [2.45, 2.75) is 24.4 Å². The molecule has 0 aromatic heterocycles. The van der Waals surface area contributed by atoms with Crippen LogP contribution in [0.1, 0.15) is 0 Å². The highest BCUT2D eigenvalue weighted by molar-refractivity contribution is 6.73. The summed E-state index contributed by atoms with van der Waals surface area (Å²) in [6.07, 6.45) is -1.34. The molecule has 8 nitrogen and oxygen atoms in total. The Hall–Kier alpha value is -1.74. The van der Waals surface area contributed by atoms with Crippen LogP contribution >= 0.6 is 0 Å². The van der Waals surface area contributed by atoms with E-state index in [2.05, 4.69) is 15.0 Å². The van der Waals surface area contributed by atoms with E-state index in [1.54, 1.807) is 0 Å². The van der Waals surface area contributed by atoms with Crippen LogP contribution in [0.25, 0.3) is 0 Å². The maximum atomic E-state index is 9.96. The molecule has 0 bridgehead atoms. The Bertz CT molecular complexity index is 551. The number of fused-ring (bicyclic) bond motifs is 1. The molecule has 0 aromatic carbocycles. The van der Waals surface area contributed by atoms with Gasteiger partial charge in [-0.25, -0.2) is 9.98 Å². The zero-order valence-corrected chi connectivity index (χ0v) is 9.76. The van der Waals surface area contributed by atoms with E-state index < -0.39 is 24.4 Å². The van der Waals surface area contributed by atoms with Gasteiger partial charge in [0.25, 0.3) is 0 Å². The molecular weight excluding hydrogens is 252 g/mol. The molecule has 100 valence electrons. The molecule has 1 saturated heterocycles. The maximum absolute atomic E-state index is 9.96. The summed E-state index contributed by atoms with van der Waals surface area (Å²) in [7, 11) is 0. The van der Waals surface area contributed by atoms with Crippen molar-refractivity contribution in [1.29, 1.82) is 5.41 Å². The van der Waals surface area contributed by atoms with Crippen LogP contribution in [-0.2, 0) is 4.74 Å². The molecule has 4 N–H and O–H groups in total. The summed E-state index contributed by atoms with van der Waals surface area (Å²) in [5.74, 6) is -0.0111. The van der Waals surface area contributed by atoms with E-state index in [1.165, 1.54) is 12.5 Å². The summed E-state index contributed by atoms with van der Waals surface area (Å²) >= 11 is 0. The molecule has 0 aliphatic carbocycles. The van der Waals surface area contributed by atoms with Crippen LogP contribution in [0, 0.1) is 5.41 Å². The van der Waals surface area contributed by atoms with Crippen LogP contribution in [0.5, 0.6) is 0 Å². The fourth-order valence-electron chi connectivity index (χ4n) is 2.27. The summed E-state index contributed by atoms with van der Waals surface area (Å²) < 4.78 is 5.42. The van der Waals surface area contributed by atoms with Gasteiger partial charge < -0.3 is 20.1 Å². The van der Waals surface area contributed by atoms with E-state index in [0.717, 1.165) is 0 Å². The SMILES string of the molecule is N=C1N=CN=C2C([C@@H]3O[C@H](CO)[C@@H](O)[C@H]3O)=CN=C12. The van der Waals surface area contributed by atoms with Gasteiger partial charge in [-0.2, -0.15) is 0 Å². The number of ether oxygens (including phenoxy) is 1. The van der Waals surface area contributed by atoms with Gasteiger partial charge in [0.1, 0.15) is 42.2 Å². The van der Waals surface area contributed by atoms with Crippen LogP contribution in [0.3, 0.4) is 0 Å². The molecule has 0 radical (unpaired) electrons. The number of amidine groups is 1. The van der Waals surface area contributed by atoms with Gasteiger partial charge in [-0.05, 0) is 0 Å².